The molecule has 86 valence electrons. The highest BCUT2D eigenvalue weighted by atomic mass is 79.9. The largest absolute Gasteiger partial charge is 0.479 e. The lowest BCUT2D eigenvalue weighted by atomic mass is 10.0. The predicted octanol–water partition coefficient (Wildman–Crippen LogP) is 1.78. The molecule has 0 amide bonds. The van der Waals surface area contributed by atoms with Crippen LogP contribution in [0.15, 0.2) is 16.6 Å². The minimum Gasteiger partial charge on any atom is -0.479 e. The first-order chi connectivity index (χ1) is 7.34. The van der Waals surface area contributed by atoms with Crippen molar-refractivity contribution in [2.24, 2.45) is 0 Å². The highest BCUT2D eigenvalue weighted by molar-refractivity contribution is 9.10. The second kappa shape index (κ2) is 4.58. The summed E-state index contributed by atoms with van der Waals surface area (Å²) in [5.41, 5.74) is -0.0568. The molecule has 1 aromatic rings. The van der Waals surface area contributed by atoms with Crippen molar-refractivity contribution in [3.63, 3.8) is 0 Å². The Kier molecular flexibility index (Phi) is 3.61. The minimum atomic E-state index is -1.91. The van der Waals surface area contributed by atoms with Crippen LogP contribution in [0.2, 0.25) is 0 Å². The highest BCUT2D eigenvalue weighted by Crippen LogP contribution is 2.31. The molecule has 0 heterocycles. The van der Waals surface area contributed by atoms with Gasteiger partial charge < -0.3 is 10.2 Å². The Labute approximate surface area is 98.8 Å². The molecule has 1 rings (SSSR count). The number of nitrogens with zero attached hydrogens (tertiary/aromatic N) is 1. The lowest BCUT2D eigenvalue weighted by molar-refractivity contribution is -0.386. The number of aliphatic hydroxyl groups is 1. The Morgan fingerprint density at radius 3 is 2.56 bits per heavy atom. The van der Waals surface area contributed by atoms with Gasteiger partial charge in [-0.15, -0.1) is 0 Å². The molecule has 0 bridgehead atoms. The van der Waals surface area contributed by atoms with Crippen molar-refractivity contribution in [1.29, 1.82) is 0 Å². The van der Waals surface area contributed by atoms with Crippen LogP contribution in [0.4, 0.5) is 5.69 Å². The third kappa shape index (κ3) is 2.37. The number of hydrogen-bond donors (Lipinski definition) is 2. The quantitative estimate of drug-likeness (QED) is 0.652. The third-order valence-electron chi connectivity index (χ3n) is 2.03. The van der Waals surface area contributed by atoms with E-state index in [1.165, 1.54) is 12.1 Å². The number of aliphatic carboxylic acids is 1. The summed E-state index contributed by atoms with van der Waals surface area (Å²) >= 11 is 3.12. The highest BCUT2D eigenvalue weighted by Gasteiger charge is 2.26. The van der Waals surface area contributed by atoms with Crippen molar-refractivity contribution in [3.8, 4) is 0 Å². The van der Waals surface area contributed by atoms with E-state index in [1.54, 1.807) is 6.92 Å². The monoisotopic (exact) mass is 289 g/mol. The van der Waals surface area contributed by atoms with Crippen LogP contribution >= 0.6 is 15.9 Å². The molecule has 0 aromatic heterocycles. The molecule has 16 heavy (non-hydrogen) atoms. The number of aryl methyl sites for hydroxylation is 1. The van der Waals surface area contributed by atoms with Crippen LogP contribution < -0.4 is 0 Å². The zero-order valence-corrected chi connectivity index (χ0v) is 9.76. The maximum atomic E-state index is 10.7. The molecule has 0 aliphatic heterocycles. The van der Waals surface area contributed by atoms with Gasteiger partial charge in [-0.2, -0.15) is 0 Å². The molecule has 7 heteroatoms. The van der Waals surface area contributed by atoms with E-state index >= 15 is 0 Å². The number of hydrogen-bond acceptors (Lipinski definition) is 4. The Bertz CT molecular complexity index is 459. The fourth-order valence-electron chi connectivity index (χ4n) is 1.19. The number of nitro benzene ring substituents is 1. The molecule has 0 saturated carbocycles. The van der Waals surface area contributed by atoms with E-state index in [0.29, 0.717) is 10.0 Å². The van der Waals surface area contributed by atoms with Gasteiger partial charge in [-0.25, -0.2) is 4.79 Å². The van der Waals surface area contributed by atoms with Gasteiger partial charge in [0.1, 0.15) is 0 Å². The molecule has 0 aliphatic carbocycles. The van der Waals surface area contributed by atoms with E-state index in [4.69, 9.17) is 5.11 Å². The van der Waals surface area contributed by atoms with Crippen molar-refractivity contribution < 1.29 is 19.9 Å². The molecular weight excluding hydrogens is 282 g/mol. The summed E-state index contributed by atoms with van der Waals surface area (Å²) in [7, 11) is 0. The van der Waals surface area contributed by atoms with Crippen molar-refractivity contribution >= 4 is 27.6 Å². The van der Waals surface area contributed by atoms with Crippen LogP contribution in [-0.4, -0.2) is 21.1 Å². The molecule has 0 aliphatic rings. The normalized spacial score (nSPS) is 12.2. The number of halogens is 1. The van der Waals surface area contributed by atoms with Crippen molar-refractivity contribution in [3.05, 3.63) is 37.8 Å². The van der Waals surface area contributed by atoms with Gasteiger partial charge in [0.2, 0.25) is 0 Å². The molecule has 1 atom stereocenters. The van der Waals surface area contributed by atoms with Gasteiger partial charge in [0.05, 0.1) is 10.5 Å². The molecule has 0 radical (unpaired) electrons. The lowest BCUT2D eigenvalue weighted by Crippen LogP contribution is -2.12. The second-order valence-corrected chi connectivity index (χ2v) is 4.01. The number of aliphatic hydroxyl groups excluding tert-OH is 1. The molecule has 2 N–H and O–H groups in total. The summed E-state index contributed by atoms with van der Waals surface area (Å²) in [6.07, 6.45) is -1.91. The van der Waals surface area contributed by atoms with Gasteiger partial charge in [0.25, 0.3) is 5.69 Å². The maximum absolute atomic E-state index is 10.7. The number of benzene rings is 1. The van der Waals surface area contributed by atoms with E-state index < -0.39 is 22.7 Å². The summed E-state index contributed by atoms with van der Waals surface area (Å²) in [5, 5.41) is 28.6. The van der Waals surface area contributed by atoms with E-state index in [2.05, 4.69) is 15.9 Å². The summed E-state index contributed by atoms with van der Waals surface area (Å²) in [6.45, 7) is 1.63. The number of nitro groups is 1. The first-order valence-electron chi connectivity index (χ1n) is 4.20. The minimum absolute atomic E-state index is 0.241. The third-order valence-corrected chi connectivity index (χ3v) is 2.89. The van der Waals surface area contributed by atoms with Crippen LogP contribution in [0.3, 0.4) is 0 Å². The summed E-state index contributed by atoms with van der Waals surface area (Å²) in [4.78, 5) is 20.6. The Morgan fingerprint density at radius 2 is 2.12 bits per heavy atom. The first kappa shape index (κ1) is 12.6. The van der Waals surface area contributed by atoms with Gasteiger partial charge in [-0.05, 0) is 18.6 Å². The van der Waals surface area contributed by atoms with E-state index in [1.807, 2.05) is 0 Å². The zero-order chi connectivity index (χ0) is 12.5. The van der Waals surface area contributed by atoms with Crippen LogP contribution in [0.25, 0.3) is 0 Å². The molecule has 6 nitrogen and oxygen atoms in total. The fraction of sp³-hybridized carbons (Fsp3) is 0.222. The van der Waals surface area contributed by atoms with Gasteiger partial charge in [0.15, 0.2) is 6.10 Å². The average Bonchev–Trinajstić information content (AvgIpc) is 2.19. The Hall–Kier alpha value is -1.47. The molecule has 0 saturated heterocycles. The van der Waals surface area contributed by atoms with E-state index in [0.717, 1.165) is 0 Å². The van der Waals surface area contributed by atoms with Crippen LogP contribution in [0.1, 0.15) is 17.2 Å². The molecule has 0 fully saturated rings. The van der Waals surface area contributed by atoms with Gasteiger partial charge in [-0.1, -0.05) is 15.9 Å². The van der Waals surface area contributed by atoms with Crippen LogP contribution in [-0.2, 0) is 4.79 Å². The van der Waals surface area contributed by atoms with Crippen molar-refractivity contribution in [2.75, 3.05) is 0 Å². The van der Waals surface area contributed by atoms with Gasteiger partial charge in [-0.3, -0.25) is 10.1 Å². The van der Waals surface area contributed by atoms with Crippen LogP contribution in [0, 0.1) is 17.0 Å². The van der Waals surface area contributed by atoms with Gasteiger partial charge in [0, 0.05) is 10.5 Å². The topological polar surface area (TPSA) is 101 Å². The van der Waals surface area contributed by atoms with E-state index in [9.17, 15) is 20.0 Å². The summed E-state index contributed by atoms with van der Waals surface area (Å²) in [6, 6.07) is 2.46. The Morgan fingerprint density at radius 1 is 1.56 bits per heavy atom. The standard InChI is InChI=1S/C9H8BrNO5/c1-4-2-7(11(15)16)5(3-6(4)10)8(12)9(13)14/h2-3,8,12H,1H3,(H,13,14). The number of carboxylic acids is 1. The molecular formula is C9H8BrNO5. The fourth-order valence-corrected chi connectivity index (χ4v) is 1.55. The second-order valence-electron chi connectivity index (χ2n) is 3.16. The summed E-state index contributed by atoms with van der Waals surface area (Å²) < 4.78 is 0.508. The molecule has 1 unspecified atom stereocenters. The smallest absolute Gasteiger partial charge is 0.337 e. The number of carbonyl (C=O) groups is 1. The first-order valence-corrected chi connectivity index (χ1v) is 4.99. The zero-order valence-electron chi connectivity index (χ0n) is 8.18. The SMILES string of the molecule is Cc1cc([N+](=O)[O-])c(C(O)C(=O)O)cc1Br. The lowest BCUT2D eigenvalue weighted by Gasteiger charge is -2.08. The van der Waals surface area contributed by atoms with Gasteiger partial charge >= 0.3 is 5.97 Å². The number of rotatable bonds is 3. The predicted molar refractivity (Wildman–Crippen MR) is 58.1 cm³/mol. The van der Waals surface area contributed by atoms with Crippen molar-refractivity contribution in [1.82, 2.24) is 0 Å². The van der Waals surface area contributed by atoms with Crippen molar-refractivity contribution in [2.45, 2.75) is 13.0 Å². The maximum Gasteiger partial charge on any atom is 0.337 e. The molecule has 0 spiro atoms. The summed E-state index contributed by atoms with van der Waals surface area (Å²) in [5.74, 6) is -1.53. The van der Waals surface area contributed by atoms with E-state index in [-0.39, 0.29) is 5.56 Å². The Balaban J connectivity index is 3.41. The molecule has 1 aromatic carbocycles. The average molecular weight is 290 g/mol. The van der Waals surface area contributed by atoms with Crippen LogP contribution in [0.5, 0.6) is 0 Å². The number of carboxylic acid groups (broad SMARTS) is 1.